The van der Waals surface area contributed by atoms with Crippen molar-refractivity contribution in [3.8, 4) is 17.0 Å². The number of rotatable bonds is 4. The molecule has 3 aromatic carbocycles. The molecule has 7 heteroatoms. The molecule has 1 amide bonds. The number of hydrogen-bond acceptors (Lipinski definition) is 6. The third-order valence-corrected chi connectivity index (χ3v) is 8.02. The maximum atomic E-state index is 13.8. The maximum absolute atomic E-state index is 13.8. The second-order valence-electron chi connectivity index (χ2n) is 8.98. The molecule has 36 heavy (non-hydrogen) atoms. The molecule has 0 saturated carbocycles. The average Bonchev–Trinajstić information content (AvgIpc) is 3.39. The molecule has 0 aliphatic carbocycles. The fraction of sp³-hybridized carbons (Fsp3) is 0.207. The minimum absolute atomic E-state index is 0.0484. The van der Waals surface area contributed by atoms with Gasteiger partial charge in [0.2, 0.25) is 0 Å². The lowest BCUT2D eigenvalue weighted by atomic mass is 10.0. The highest BCUT2D eigenvalue weighted by molar-refractivity contribution is 7.22. The van der Waals surface area contributed by atoms with Crippen molar-refractivity contribution in [2.24, 2.45) is 0 Å². The molecule has 5 aromatic rings. The van der Waals surface area contributed by atoms with E-state index in [2.05, 4.69) is 17.9 Å². The van der Waals surface area contributed by atoms with Gasteiger partial charge in [-0.1, -0.05) is 65.9 Å². The van der Waals surface area contributed by atoms with Crippen LogP contribution in [0.4, 0.5) is 5.13 Å². The first-order valence-electron chi connectivity index (χ1n) is 12.1. The van der Waals surface area contributed by atoms with Crippen molar-refractivity contribution < 1.29 is 9.53 Å². The van der Waals surface area contributed by atoms with E-state index >= 15 is 0 Å². The van der Waals surface area contributed by atoms with Crippen LogP contribution in [-0.4, -0.2) is 54.1 Å². The van der Waals surface area contributed by atoms with E-state index in [1.165, 1.54) is 5.56 Å². The fourth-order valence-corrected chi connectivity index (χ4v) is 5.88. The van der Waals surface area contributed by atoms with E-state index in [1.54, 1.807) is 18.4 Å². The van der Waals surface area contributed by atoms with Gasteiger partial charge in [0.15, 0.2) is 5.13 Å². The molecule has 3 heterocycles. The molecule has 1 aliphatic heterocycles. The first kappa shape index (κ1) is 22.5. The summed E-state index contributed by atoms with van der Waals surface area (Å²) in [5, 5.41) is 1.86. The highest BCUT2D eigenvalue weighted by atomic mass is 32.1. The first-order chi connectivity index (χ1) is 17.6. The van der Waals surface area contributed by atoms with Gasteiger partial charge in [-0.25, -0.2) is 9.97 Å². The Labute approximate surface area is 213 Å². The number of piperazine rings is 1. The number of aryl methyl sites for hydroxylation is 1. The number of benzene rings is 3. The van der Waals surface area contributed by atoms with Gasteiger partial charge < -0.3 is 14.5 Å². The van der Waals surface area contributed by atoms with E-state index < -0.39 is 0 Å². The highest BCUT2D eigenvalue weighted by Crippen LogP contribution is 2.36. The first-order valence-corrected chi connectivity index (χ1v) is 12.9. The number of thiazole rings is 1. The summed E-state index contributed by atoms with van der Waals surface area (Å²) >= 11 is 1.69. The van der Waals surface area contributed by atoms with Gasteiger partial charge in [0.1, 0.15) is 11.3 Å². The van der Waals surface area contributed by atoms with E-state index in [0.29, 0.717) is 18.7 Å². The Hall–Kier alpha value is -3.97. The van der Waals surface area contributed by atoms with Crippen LogP contribution >= 0.6 is 11.3 Å². The molecule has 0 atom stereocenters. The van der Waals surface area contributed by atoms with Gasteiger partial charge in [0.05, 0.1) is 28.6 Å². The molecule has 180 valence electrons. The van der Waals surface area contributed by atoms with Crippen LogP contribution in [0.5, 0.6) is 5.75 Å². The van der Waals surface area contributed by atoms with Crippen LogP contribution in [-0.2, 0) is 0 Å². The van der Waals surface area contributed by atoms with Gasteiger partial charge in [-0.3, -0.25) is 4.79 Å². The number of anilines is 1. The number of methoxy groups -OCH3 is 1. The molecule has 1 fully saturated rings. The summed E-state index contributed by atoms with van der Waals surface area (Å²) in [6, 6.07) is 23.9. The van der Waals surface area contributed by atoms with Crippen LogP contribution in [0.2, 0.25) is 0 Å². The van der Waals surface area contributed by atoms with Crippen molar-refractivity contribution >= 4 is 43.5 Å². The predicted octanol–water partition coefficient (Wildman–Crippen LogP) is 5.79. The predicted molar refractivity (Wildman–Crippen MR) is 146 cm³/mol. The lowest BCUT2D eigenvalue weighted by Crippen LogP contribution is -2.48. The van der Waals surface area contributed by atoms with Crippen LogP contribution in [0, 0.1) is 6.92 Å². The third-order valence-electron chi connectivity index (χ3n) is 6.77. The minimum Gasteiger partial charge on any atom is -0.494 e. The summed E-state index contributed by atoms with van der Waals surface area (Å²) < 4.78 is 6.68. The molecule has 1 saturated heterocycles. The average molecular weight is 495 g/mol. The van der Waals surface area contributed by atoms with Crippen molar-refractivity contribution in [1.29, 1.82) is 0 Å². The fourth-order valence-electron chi connectivity index (χ4n) is 4.78. The van der Waals surface area contributed by atoms with Gasteiger partial charge in [-0.15, -0.1) is 0 Å². The standard InChI is InChI=1S/C29H26N4O2S/c1-19-12-13-25(35-2)26-27(19)36-29(31-26)33-16-14-32(15-17-33)28(34)22-18-24(20-8-4-3-5-9-20)30-23-11-7-6-10-21(22)23/h3-13,18H,14-17H2,1-2H3. The number of hydrogen-bond donors (Lipinski definition) is 0. The zero-order valence-corrected chi connectivity index (χ0v) is 21.1. The van der Waals surface area contributed by atoms with Crippen LogP contribution in [0.1, 0.15) is 15.9 Å². The van der Waals surface area contributed by atoms with E-state index in [0.717, 1.165) is 56.3 Å². The minimum atomic E-state index is 0.0484. The summed E-state index contributed by atoms with van der Waals surface area (Å²) in [4.78, 5) is 27.7. The van der Waals surface area contributed by atoms with E-state index in [1.807, 2.05) is 71.6 Å². The molecule has 0 N–H and O–H groups in total. The maximum Gasteiger partial charge on any atom is 0.254 e. The SMILES string of the molecule is COc1ccc(C)c2sc(N3CCN(C(=O)c4cc(-c5ccccc5)nc5ccccc45)CC3)nc12. The summed E-state index contributed by atoms with van der Waals surface area (Å²) in [7, 11) is 1.68. The normalized spacial score (nSPS) is 13.9. The molecular weight excluding hydrogens is 468 g/mol. The van der Waals surface area contributed by atoms with E-state index in [4.69, 9.17) is 14.7 Å². The zero-order valence-electron chi connectivity index (χ0n) is 20.3. The Balaban J connectivity index is 1.27. The third kappa shape index (κ3) is 3.95. The lowest BCUT2D eigenvalue weighted by Gasteiger charge is -2.34. The van der Waals surface area contributed by atoms with Crippen LogP contribution in [0.15, 0.2) is 72.8 Å². The molecule has 1 aliphatic rings. The Morgan fingerprint density at radius 1 is 0.917 bits per heavy atom. The number of nitrogens with zero attached hydrogens (tertiary/aromatic N) is 4. The molecular formula is C29H26N4O2S. The molecule has 0 unspecified atom stereocenters. The van der Waals surface area contributed by atoms with E-state index in [9.17, 15) is 4.79 Å². The van der Waals surface area contributed by atoms with Crippen molar-refractivity contribution in [1.82, 2.24) is 14.9 Å². The molecule has 6 nitrogen and oxygen atoms in total. The number of fused-ring (bicyclic) bond motifs is 2. The highest BCUT2D eigenvalue weighted by Gasteiger charge is 2.26. The van der Waals surface area contributed by atoms with Gasteiger partial charge in [-0.2, -0.15) is 0 Å². The van der Waals surface area contributed by atoms with Crippen molar-refractivity contribution in [2.45, 2.75) is 6.92 Å². The zero-order chi connectivity index (χ0) is 24.6. The molecule has 0 radical (unpaired) electrons. The summed E-state index contributed by atoms with van der Waals surface area (Å²) in [6.07, 6.45) is 0. The smallest absolute Gasteiger partial charge is 0.254 e. The number of ether oxygens (including phenoxy) is 1. The van der Waals surface area contributed by atoms with Crippen LogP contribution in [0.3, 0.4) is 0 Å². The monoisotopic (exact) mass is 494 g/mol. The summed E-state index contributed by atoms with van der Waals surface area (Å²) in [6.45, 7) is 4.86. The molecule has 0 bridgehead atoms. The molecule has 2 aromatic heterocycles. The number of aromatic nitrogens is 2. The summed E-state index contributed by atoms with van der Waals surface area (Å²) in [5.41, 5.74) is 5.46. The van der Waals surface area contributed by atoms with Crippen LogP contribution < -0.4 is 9.64 Å². The number of para-hydroxylation sites is 1. The van der Waals surface area contributed by atoms with Gasteiger partial charge in [-0.05, 0) is 30.7 Å². The molecule has 0 spiro atoms. The quantitative estimate of drug-likeness (QED) is 0.316. The second kappa shape index (κ2) is 9.24. The molecule has 6 rings (SSSR count). The van der Waals surface area contributed by atoms with Gasteiger partial charge in [0.25, 0.3) is 5.91 Å². The van der Waals surface area contributed by atoms with Crippen molar-refractivity contribution in [3.05, 3.63) is 83.9 Å². The Morgan fingerprint density at radius 3 is 2.44 bits per heavy atom. The number of carbonyl (C=O) groups excluding carboxylic acids is 1. The number of carbonyl (C=O) groups is 1. The lowest BCUT2D eigenvalue weighted by molar-refractivity contribution is 0.0748. The Bertz CT molecular complexity index is 1570. The Kier molecular flexibility index (Phi) is 5.77. The topological polar surface area (TPSA) is 58.6 Å². The second-order valence-corrected chi connectivity index (χ2v) is 9.95. The summed E-state index contributed by atoms with van der Waals surface area (Å²) in [5.74, 6) is 0.845. The van der Waals surface area contributed by atoms with Crippen LogP contribution in [0.25, 0.3) is 32.4 Å². The number of amides is 1. The Morgan fingerprint density at radius 2 is 1.67 bits per heavy atom. The van der Waals surface area contributed by atoms with Gasteiger partial charge >= 0.3 is 0 Å². The van der Waals surface area contributed by atoms with E-state index in [-0.39, 0.29) is 5.91 Å². The largest absolute Gasteiger partial charge is 0.494 e. The number of pyridine rings is 1. The van der Waals surface area contributed by atoms with Crippen molar-refractivity contribution in [3.63, 3.8) is 0 Å². The van der Waals surface area contributed by atoms with Gasteiger partial charge in [0, 0.05) is 37.1 Å². The van der Waals surface area contributed by atoms with Crippen molar-refractivity contribution in [2.75, 3.05) is 38.2 Å².